The van der Waals surface area contributed by atoms with E-state index in [0.717, 1.165) is 51.1 Å². The fraction of sp³-hybridized carbons (Fsp3) is 0.833. The molecule has 2 rings (SSSR count). The van der Waals surface area contributed by atoms with E-state index in [0.29, 0.717) is 11.8 Å². The van der Waals surface area contributed by atoms with Crippen LogP contribution >= 0.6 is 0 Å². The Morgan fingerprint density at radius 3 is 3.12 bits per heavy atom. The van der Waals surface area contributed by atoms with Gasteiger partial charge in [0.05, 0.1) is 6.04 Å². The number of rotatable bonds is 6. The van der Waals surface area contributed by atoms with Crippen molar-refractivity contribution in [3.05, 3.63) is 11.7 Å². The minimum atomic E-state index is -0.115. The van der Waals surface area contributed by atoms with Crippen LogP contribution in [0.1, 0.15) is 50.4 Å². The van der Waals surface area contributed by atoms with Gasteiger partial charge in [-0.2, -0.15) is 4.98 Å². The molecule has 2 heterocycles. The molecule has 1 unspecified atom stereocenters. The maximum Gasteiger partial charge on any atom is 0.243 e. The van der Waals surface area contributed by atoms with Crippen LogP contribution in [0.5, 0.6) is 0 Å². The lowest BCUT2D eigenvalue weighted by molar-refractivity contribution is 0.185. The first-order chi connectivity index (χ1) is 8.29. The zero-order valence-corrected chi connectivity index (χ0v) is 10.4. The summed E-state index contributed by atoms with van der Waals surface area (Å²) in [6, 6.07) is -0.115. The van der Waals surface area contributed by atoms with Crippen LogP contribution in [0.2, 0.25) is 0 Å². The summed E-state index contributed by atoms with van der Waals surface area (Å²) in [6.45, 7) is 3.81. The third-order valence-corrected chi connectivity index (χ3v) is 3.16. The number of unbranched alkanes of at least 4 members (excludes halogenated alkanes) is 1. The van der Waals surface area contributed by atoms with Gasteiger partial charge in [-0.3, -0.25) is 0 Å². The summed E-state index contributed by atoms with van der Waals surface area (Å²) in [5, 5.41) is 3.99. The molecule has 0 radical (unpaired) electrons. The summed E-state index contributed by atoms with van der Waals surface area (Å²) < 4.78 is 10.5. The van der Waals surface area contributed by atoms with Crippen LogP contribution in [0.25, 0.3) is 0 Å². The highest BCUT2D eigenvalue weighted by Crippen LogP contribution is 2.19. The zero-order valence-electron chi connectivity index (χ0n) is 10.4. The Morgan fingerprint density at radius 1 is 1.53 bits per heavy atom. The van der Waals surface area contributed by atoms with E-state index in [9.17, 15) is 0 Å². The Morgan fingerprint density at radius 2 is 2.41 bits per heavy atom. The minimum absolute atomic E-state index is 0.115. The summed E-state index contributed by atoms with van der Waals surface area (Å²) in [7, 11) is 0. The summed E-state index contributed by atoms with van der Waals surface area (Å²) in [6.07, 6.45) is 5.06. The molecule has 1 saturated heterocycles. The van der Waals surface area contributed by atoms with Crippen molar-refractivity contribution in [2.75, 3.05) is 13.2 Å². The van der Waals surface area contributed by atoms with E-state index in [-0.39, 0.29) is 6.04 Å². The largest absolute Gasteiger partial charge is 0.381 e. The van der Waals surface area contributed by atoms with E-state index in [1.807, 2.05) is 0 Å². The summed E-state index contributed by atoms with van der Waals surface area (Å²) in [4.78, 5) is 4.37. The van der Waals surface area contributed by atoms with Crippen molar-refractivity contribution in [3.8, 4) is 0 Å². The van der Waals surface area contributed by atoms with E-state index in [2.05, 4.69) is 17.1 Å². The lowest BCUT2D eigenvalue weighted by Gasteiger charge is -2.04. The molecule has 5 nitrogen and oxygen atoms in total. The lowest BCUT2D eigenvalue weighted by Crippen LogP contribution is -2.11. The first-order valence-corrected chi connectivity index (χ1v) is 6.45. The smallest absolute Gasteiger partial charge is 0.243 e. The van der Waals surface area contributed by atoms with Gasteiger partial charge in [0.2, 0.25) is 5.89 Å². The van der Waals surface area contributed by atoms with Crippen LogP contribution in [0.4, 0.5) is 0 Å². The van der Waals surface area contributed by atoms with Gasteiger partial charge in [-0.05, 0) is 18.8 Å². The molecule has 0 aromatic carbocycles. The van der Waals surface area contributed by atoms with Gasteiger partial charge in [0.15, 0.2) is 5.82 Å². The van der Waals surface area contributed by atoms with Crippen LogP contribution in [0, 0.1) is 5.92 Å². The average molecular weight is 239 g/mol. The van der Waals surface area contributed by atoms with E-state index < -0.39 is 0 Å². The molecule has 0 aliphatic carbocycles. The Balaban J connectivity index is 1.86. The molecule has 1 aliphatic rings. The van der Waals surface area contributed by atoms with Gasteiger partial charge < -0.3 is 15.0 Å². The molecule has 17 heavy (non-hydrogen) atoms. The van der Waals surface area contributed by atoms with E-state index in [1.54, 1.807) is 0 Å². The predicted molar refractivity (Wildman–Crippen MR) is 63.4 cm³/mol. The Labute approximate surface area is 102 Å². The third-order valence-electron chi connectivity index (χ3n) is 3.16. The summed E-state index contributed by atoms with van der Waals surface area (Å²) >= 11 is 0. The van der Waals surface area contributed by atoms with Crippen molar-refractivity contribution in [1.29, 1.82) is 0 Å². The standard InChI is InChI=1S/C12H21N3O2/c1-2-3-4-10(13)12-14-11(15-17-12)7-9-5-6-16-8-9/h9-10H,2-8,13H2,1H3/t9?,10-/m0/s1. The fourth-order valence-corrected chi connectivity index (χ4v) is 2.05. The van der Waals surface area contributed by atoms with Crippen LogP contribution in [-0.4, -0.2) is 23.4 Å². The minimum Gasteiger partial charge on any atom is -0.381 e. The molecule has 0 bridgehead atoms. The number of nitrogens with two attached hydrogens (primary N) is 1. The van der Waals surface area contributed by atoms with Gasteiger partial charge in [0.1, 0.15) is 0 Å². The van der Waals surface area contributed by atoms with Crippen molar-refractivity contribution in [2.45, 2.75) is 45.1 Å². The fourth-order valence-electron chi connectivity index (χ4n) is 2.05. The second-order valence-corrected chi connectivity index (χ2v) is 4.73. The van der Waals surface area contributed by atoms with Crippen molar-refractivity contribution >= 4 is 0 Å². The molecule has 1 fully saturated rings. The number of aromatic nitrogens is 2. The number of nitrogens with zero attached hydrogens (tertiary/aromatic N) is 2. The zero-order chi connectivity index (χ0) is 12.1. The first kappa shape index (κ1) is 12.5. The lowest BCUT2D eigenvalue weighted by atomic mass is 10.1. The second-order valence-electron chi connectivity index (χ2n) is 4.73. The Bertz CT molecular complexity index is 334. The molecule has 0 amide bonds. The molecular formula is C12H21N3O2. The molecule has 0 saturated carbocycles. The topological polar surface area (TPSA) is 74.2 Å². The highest BCUT2D eigenvalue weighted by atomic mass is 16.5. The van der Waals surface area contributed by atoms with Gasteiger partial charge in [-0.15, -0.1) is 0 Å². The van der Waals surface area contributed by atoms with Crippen LogP contribution < -0.4 is 5.73 Å². The summed E-state index contributed by atoms with van der Waals surface area (Å²) in [5.74, 6) is 1.88. The number of hydrogen-bond acceptors (Lipinski definition) is 5. The maximum atomic E-state index is 5.98. The quantitative estimate of drug-likeness (QED) is 0.819. The first-order valence-electron chi connectivity index (χ1n) is 6.45. The summed E-state index contributed by atoms with van der Waals surface area (Å²) in [5.41, 5.74) is 5.98. The van der Waals surface area contributed by atoms with Crippen LogP contribution in [0.15, 0.2) is 4.52 Å². The third kappa shape index (κ3) is 3.51. The van der Waals surface area contributed by atoms with Crippen LogP contribution in [0.3, 0.4) is 0 Å². The monoisotopic (exact) mass is 239 g/mol. The van der Waals surface area contributed by atoms with Gasteiger partial charge in [-0.1, -0.05) is 24.9 Å². The van der Waals surface area contributed by atoms with Crippen LogP contribution in [-0.2, 0) is 11.2 Å². The predicted octanol–water partition coefficient (Wildman–Crippen LogP) is 1.84. The molecule has 1 aliphatic heterocycles. The molecule has 1 aromatic rings. The SMILES string of the molecule is CCCC[C@H](N)c1nc(CC2CCOC2)no1. The van der Waals surface area contributed by atoms with E-state index >= 15 is 0 Å². The molecule has 2 N–H and O–H groups in total. The second kappa shape index (κ2) is 6.12. The molecule has 5 heteroatoms. The van der Waals surface area contributed by atoms with Gasteiger partial charge in [0.25, 0.3) is 0 Å². The normalized spacial score (nSPS) is 21.9. The van der Waals surface area contributed by atoms with Gasteiger partial charge in [-0.25, -0.2) is 0 Å². The van der Waals surface area contributed by atoms with Crippen molar-refractivity contribution in [1.82, 2.24) is 10.1 Å². The molecule has 0 spiro atoms. The molecule has 1 aromatic heterocycles. The molecule has 96 valence electrons. The van der Waals surface area contributed by atoms with E-state index in [4.69, 9.17) is 15.0 Å². The van der Waals surface area contributed by atoms with E-state index in [1.165, 1.54) is 0 Å². The molecule has 2 atom stereocenters. The Kier molecular flexibility index (Phi) is 4.50. The average Bonchev–Trinajstić information content (AvgIpc) is 2.98. The van der Waals surface area contributed by atoms with Crippen molar-refractivity contribution in [2.24, 2.45) is 11.7 Å². The highest BCUT2D eigenvalue weighted by molar-refractivity contribution is 4.93. The highest BCUT2D eigenvalue weighted by Gasteiger charge is 2.20. The number of hydrogen-bond donors (Lipinski definition) is 1. The molecular weight excluding hydrogens is 218 g/mol. The Hall–Kier alpha value is -0.940. The number of ether oxygens (including phenoxy) is 1. The van der Waals surface area contributed by atoms with Crippen molar-refractivity contribution in [3.63, 3.8) is 0 Å². The van der Waals surface area contributed by atoms with Gasteiger partial charge in [0, 0.05) is 19.6 Å². The maximum absolute atomic E-state index is 5.98. The van der Waals surface area contributed by atoms with Crippen molar-refractivity contribution < 1.29 is 9.26 Å². The van der Waals surface area contributed by atoms with Gasteiger partial charge >= 0.3 is 0 Å².